The molecule has 19 heavy (non-hydrogen) atoms. The highest BCUT2D eigenvalue weighted by molar-refractivity contribution is 5.79. The molecule has 2 aromatic rings. The number of halogens is 3. The molecule has 3 nitrogen and oxygen atoms in total. The normalized spacial score (nSPS) is 13.4. The molecule has 0 saturated heterocycles. The zero-order chi connectivity index (χ0) is 14.0. The third-order valence-electron chi connectivity index (χ3n) is 2.79. The van der Waals surface area contributed by atoms with Gasteiger partial charge in [-0.1, -0.05) is 18.2 Å². The van der Waals surface area contributed by atoms with Crippen molar-refractivity contribution >= 4 is 16.9 Å². The van der Waals surface area contributed by atoms with Crippen LogP contribution in [0.3, 0.4) is 0 Å². The minimum absolute atomic E-state index is 0.131. The summed E-state index contributed by atoms with van der Waals surface area (Å²) >= 11 is 0. The molecule has 1 aromatic heterocycles. The van der Waals surface area contributed by atoms with Gasteiger partial charge in [0.25, 0.3) is 0 Å². The Hall–Kier alpha value is -2.11. The number of fused-ring (bicyclic) bond motifs is 1. The molecular formula is C13H10F3NO2. The van der Waals surface area contributed by atoms with Crippen LogP contribution in [0.2, 0.25) is 0 Å². The van der Waals surface area contributed by atoms with E-state index in [0.29, 0.717) is 10.9 Å². The highest BCUT2D eigenvalue weighted by Crippen LogP contribution is 2.37. The first kappa shape index (κ1) is 13.3. The highest BCUT2D eigenvalue weighted by atomic mass is 19.4. The van der Waals surface area contributed by atoms with E-state index in [-0.39, 0.29) is 5.56 Å². The Morgan fingerprint density at radius 2 is 2.00 bits per heavy atom. The van der Waals surface area contributed by atoms with Gasteiger partial charge < -0.3 is 5.11 Å². The number of carbonyl (C=O) groups is 1. The SMILES string of the molecule is O=C(O)CC(c1cnc2ccccc2c1)C(F)(F)F. The van der Waals surface area contributed by atoms with Crippen molar-refractivity contribution in [3.05, 3.63) is 42.1 Å². The summed E-state index contributed by atoms with van der Waals surface area (Å²) in [4.78, 5) is 14.5. The molecule has 1 heterocycles. The number of carboxylic acid groups (broad SMARTS) is 1. The van der Waals surface area contributed by atoms with Gasteiger partial charge in [-0.2, -0.15) is 13.2 Å². The third kappa shape index (κ3) is 3.01. The molecule has 0 aliphatic rings. The smallest absolute Gasteiger partial charge is 0.396 e. The van der Waals surface area contributed by atoms with Gasteiger partial charge in [-0.05, 0) is 17.7 Å². The Labute approximate surface area is 106 Å². The van der Waals surface area contributed by atoms with E-state index in [1.54, 1.807) is 24.3 Å². The van der Waals surface area contributed by atoms with E-state index < -0.39 is 24.5 Å². The van der Waals surface area contributed by atoms with E-state index in [9.17, 15) is 18.0 Å². The maximum absolute atomic E-state index is 12.9. The Morgan fingerprint density at radius 1 is 1.32 bits per heavy atom. The Bertz CT molecular complexity index is 610. The fourth-order valence-electron chi connectivity index (χ4n) is 1.88. The van der Waals surface area contributed by atoms with Crippen molar-refractivity contribution in [2.75, 3.05) is 0 Å². The molecule has 0 spiro atoms. The van der Waals surface area contributed by atoms with Crippen LogP contribution in [0.4, 0.5) is 13.2 Å². The van der Waals surface area contributed by atoms with Gasteiger partial charge in [0.15, 0.2) is 0 Å². The molecule has 6 heteroatoms. The molecule has 1 atom stereocenters. The van der Waals surface area contributed by atoms with Crippen LogP contribution in [-0.4, -0.2) is 22.2 Å². The minimum atomic E-state index is -4.61. The summed E-state index contributed by atoms with van der Waals surface area (Å²) in [6, 6.07) is 8.07. The van der Waals surface area contributed by atoms with E-state index in [4.69, 9.17) is 5.11 Å². The van der Waals surface area contributed by atoms with Crippen LogP contribution in [0.5, 0.6) is 0 Å². The fraction of sp³-hybridized carbons (Fsp3) is 0.231. The lowest BCUT2D eigenvalue weighted by molar-refractivity contribution is -0.163. The van der Waals surface area contributed by atoms with Crippen molar-refractivity contribution < 1.29 is 23.1 Å². The van der Waals surface area contributed by atoms with Gasteiger partial charge in [0.2, 0.25) is 0 Å². The summed E-state index contributed by atoms with van der Waals surface area (Å²) in [6.45, 7) is 0. The van der Waals surface area contributed by atoms with Crippen LogP contribution < -0.4 is 0 Å². The standard InChI is InChI=1S/C13H10F3NO2/c14-13(15,16)10(6-12(18)19)9-5-8-3-1-2-4-11(8)17-7-9/h1-5,7,10H,6H2,(H,18,19). The highest BCUT2D eigenvalue weighted by Gasteiger charge is 2.42. The number of hydrogen-bond acceptors (Lipinski definition) is 2. The van der Waals surface area contributed by atoms with Crippen LogP contribution in [0, 0.1) is 0 Å². The largest absolute Gasteiger partial charge is 0.481 e. The number of aliphatic carboxylic acids is 1. The number of para-hydroxylation sites is 1. The predicted octanol–water partition coefficient (Wildman–Crippen LogP) is 3.36. The molecule has 100 valence electrons. The van der Waals surface area contributed by atoms with E-state index in [0.717, 1.165) is 6.20 Å². The van der Waals surface area contributed by atoms with Crippen molar-refractivity contribution in [3.63, 3.8) is 0 Å². The first-order chi connectivity index (χ1) is 8.88. The lowest BCUT2D eigenvalue weighted by atomic mass is 9.95. The summed E-state index contributed by atoms with van der Waals surface area (Å²) in [5.74, 6) is -3.53. The van der Waals surface area contributed by atoms with E-state index >= 15 is 0 Å². The van der Waals surface area contributed by atoms with E-state index in [1.807, 2.05) is 0 Å². The quantitative estimate of drug-likeness (QED) is 0.929. The van der Waals surface area contributed by atoms with Crippen LogP contribution >= 0.6 is 0 Å². The number of alkyl halides is 3. The number of benzene rings is 1. The van der Waals surface area contributed by atoms with Gasteiger partial charge in [-0.3, -0.25) is 9.78 Å². The lowest BCUT2D eigenvalue weighted by Crippen LogP contribution is -2.23. The molecule has 0 fully saturated rings. The summed E-state index contributed by atoms with van der Waals surface area (Å²) in [7, 11) is 0. The molecule has 0 amide bonds. The van der Waals surface area contributed by atoms with Crippen molar-refractivity contribution in [1.29, 1.82) is 0 Å². The van der Waals surface area contributed by atoms with Gasteiger partial charge in [0.05, 0.1) is 17.9 Å². The third-order valence-corrected chi connectivity index (χ3v) is 2.79. The number of rotatable bonds is 3. The molecule has 1 N–H and O–H groups in total. The summed E-state index contributed by atoms with van der Waals surface area (Å²) in [6.07, 6.45) is -4.52. The molecule has 0 saturated carbocycles. The molecule has 0 aliphatic carbocycles. The second-order valence-corrected chi connectivity index (χ2v) is 4.15. The van der Waals surface area contributed by atoms with Crippen molar-refractivity contribution in [2.45, 2.75) is 18.5 Å². The summed E-state index contributed by atoms with van der Waals surface area (Å²) in [5, 5.41) is 9.16. The van der Waals surface area contributed by atoms with Crippen molar-refractivity contribution in [1.82, 2.24) is 4.98 Å². The predicted molar refractivity (Wildman–Crippen MR) is 62.8 cm³/mol. The number of pyridine rings is 1. The number of carboxylic acids is 1. The van der Waals surface area contributed by atoms with Gasteiger partial charge in [0.1, 0.15) is 0 Å². The monoisotopic (exact) mass is 269 g/mol. The van der Waals surface area contributed by atoms with Crippen LogP contribution in [0.1, 0.15) is 17.9 Å². The number of aromatic nitrogens is 1. The fourth-order valence-corrected chi connectivity index (χ4v) is 1.88. The molecule has 1 unspecified atom stereocenters. The van der Waals surface area contributed by atoms with Crippen molar-refractivity contribution in [2.24, 2.45) is 0 Å². The number of hydrogen-bond donors (Lipinski definition) is 1. The van der Waals surface area contributed by atoms with Crippen LogP contribution in [0.25, 0.3) is 10.9 Å². The average molecular weight is 269 g/mol. The lowest BCUT2D eigenvalue weighted by Gasteiger charge is -2.18. The maximum atomic E-state index is 12.9. The first-order valence-electron chi connectivity index (χ1n) is 5.51. The molecule has 0 radical (unpaired) electrons. The maximum Gasteiger partial charge on any atom is 0.396 e. The molecule has 0 bridgehead atoms. The Balaban J connectivity index is 2.46. The van der Waals surface area contributed by atoms with Gasteiger partial charge in [0, 0.05) is 11.6 Å². The summed E-state index contributed by atoms with van der Waals surface area (Å²) in [5.41, 5.74) is 0.441. The summed E-state index contributed by atoms with van der Waals surface area (Å²) < 4.78 is 38.6. The zero-order valence-electron chi connectivity index (χ0n) is 9.69. The van der Waals surface area contributed by atoms with Crippen LogP contribution in [0.15, 0.2) is 36.5 Å². The second kappa shape index (κ2) is 4.87. The Kier molecular flexibility index (Phi) is 3.42. The molecule has 0 aliphatic heterocycles. The number of nitrogens with zero attached hydrogens (tertiary/aromatic N) is 1. The molecular weight excluding hydrogens is 259 g/mol. The average Bonchev–Trinajstić information content (AvgIpc) is 2.34. The second-order valence-electron chi connectivity index (χ2n) is 4.15. The van der Waals surface area contributed by atoms with Gasteiger partial charge in [-0.15, -0.1) is 0 Å². The first-order valence-corrected chi connectivity index (χ1v) is 5.51. The topological polar surface area (TPSA) is 50.2 Å². The van der Waals surface area contributed by atoms with Crippen molar-refractivity contribution in [3.8, 4) is 0 Å². The van der Waals surface area contributed by atoms with E-state index in [1.165, 1.54) is 6.07 Å². The minimum Gasteiger partial charge on any atom is -0.481 e. The Morgan fingerprint density at radius 3 is 2.63 bits per heavy atom. The van der Waals surface area contributed by atoms with Crippen LogP contribution in [-0.2, 0) is 4.79 Å². The van der Waals surface area contributed by atoms with Gasteiger partial charge >= 0.3 is 12.1 Å². The van der Waals surface area contributed by atoms with Gasteiger partial charge in [-0.25, -0.2) is 0 Å². The molecule has 2 rings (SSSR count). The van der Waals surface area contributed by atoms with E-state index in [2.05, 4.69) is 4.98 Å². The molecule has 1 aromatic carbocycles. The zero-order valence-corrected chi connectivity index (χ0v) is 9.69.